The lowest BCUT2D eigenvalue weighted by molar-refractivity contribution is -0.125. The molecule has 2 aliphatic rings. The lowest BCUT2D eigenvalue weighted by Gasteiger charge is -2.26. The van der Waals surface area contributed by atoms with Crippen LogP contribution in [0.2, 0.25) is 0 Å². The minimum atomic E-state index is -0.389. The molecule has 3 rings (SSSR count). The molecule has 6 nitrogen and oxygen atoms in total. The van der Waals surface area contributed by atoms with Crippen LogP contribution in [0.1, 0.15) is 23.6 Å². The molecule has 0 aliphatic carbocycles. The summed E-state index contributed by atoms with van der Waals surface area (Å²) in [6, 6.07) is 7.16. The van der Waals surface area contributed by atoms with Gasteiger partial charge < -0.3 is 20.3 Å². The first kappa shape index (κ1) is 15.6. The van der Waals surface area contributed by atoms with Crippen molar-refractivity contribution < 1.29 is 14.3 Å². The highest BCUT2D eigenvalue weighted by Crippen LogP contribution is 2.33. The molecular weight excluding hydrogens is 294 g/mol. The SMILES string of the molecule is COCCCN1CC2=C(C1=O)[C@H](c1ccccc1C)NC(=O)N2. The lowest BCUT2D eigenvalue weighted by atomic mass is 9.93. The van der Waals surface area contributed by atoms with E-state index >= 15 is 0 Å². The summed E-state index contributed by atoms with van der Waals surface area (Å²) >= 11 is 0. The first-order chi connectivity index (χ1) is 11.1. The summed E-state index contributed by atoms with van der Waals surface area (Å²) in [5, 5.41) is 5.67. The lowest BCUT2D eigenvalue weighted by Crippen LogP contribution is -2.44. The number of aryl methyl sites for hydroxylation is 1. The van der Waals surface area contributed by atoms with E-state index in [4.69, 9.17) is 4.74 Å². The molecule has 0 radical (unpaired) electrons. The van der Waals surface area contributed by atoms with Gasteiger partial charge in [0.25, 0.3) is 5.91 Å². The zero-order valence-corrected chi connectivity index (χ0v) is 13.4. The smallest absolute Gasteiger partial charge is 0.319 e. The van der Waals surface area contributed by atoms with Crippen molar-refractivity contribution in [2.24, 2.45) is 0 Å². The maximum Gasteiger partial charge on any atom is 0.319 e. The molecule has 0 saturated heterocycles. The quantitative estimate of drug-likeness (QED) is 0.809. The van der Waals surface area contributed by atoms with Gasteiger partial charge in [0.2, 0.25) is 0 Å². The molecule has 0 saturated carbocycles. The Morgan fingerprint density at radius 3 is 2.83 bits per heavy atom. The number of ether oxygens (including phenoxy) is 1. The fraction of sp³-hybridized carbons (Fsp3) is 0.412. The third kappa shape index (κ3) is 2.94. The standard InChI is InChI=1S/C17H21N3O3/c1-11-6-3-4-7-12(11)15-14-13(18-17(22)19-15)10-20(16(14)21)8-5-9-23-2/h3-4,6-7,15H,5,8-10H2,1-2H3,(H2,18,19,22)/t15-/m0/s1. The molecule has 2 heterocycles. The highest BCUT2D eigenvalue weighted by Gasteiger charge is 2.40. The summed E-state index contributed by atoms with van der Waals surface area (Å²) in [7, 11) is 1.65. The molecule has 6 heteroatoms. The van der Waals surface area contributed by atoms with Crippen LogP contribution in [0.25, 0.3) is 0 Å². The van der Waals surface area contributed by atoms with Crippen molar-refractivity contribution >= 4 is 11.9 Å². The molecule has 0 aromatic heterocycles. The Morgan fingerprint density at radius 1 is 1.30 bits per heavy atom. The molecule has 2 aliphatic heterocycles. The van der Waals surface area contributed by atoms with Crippen LogP contribution in [0, 0.1) is 6.92 Å². The fourth-order valence-electron chi connectivity index (χ4n) is 3.15. The summed E-state index contributed by atoms with van der Waals surface area (Å²) in [6.45, 7) is 3.67. The van der Waals surface area contributed by atoms with Gasteiger partial charge in [0, 0.05) is 20.3 Å². The van der Waals surface area contributed by atoms with Crippen molar-refractivity contribution in [2.45, 2.75) is 19.4 Å². The fourth-order valence-corrected chi connectivity index (χ4v) is 3.15. The predicted octanol–water partition coefficient (Wildman–Crippen LogP) is 1.48. The van der Waals surface area contributed by atoms with Crippen LogP contribution in [0.15, 0.2) is 35.5 Å². The number of urea groups is 1. The Hall–Kier alpha value is -2.34. The van der Waals surface area contributed by atoms with Gasteiger partial charge in [-0.25, -0.2) is 4.79 Å². The molecule has 0 bridgehead atoms. The maximum atomic E-state index is 12.8. The molecule has 0 unspecified atom stereocenters. The molecule has 3 amide bonds. The second kappa shape index (κ2) is 6.42. The normalized spacial score (nSPS) is 20.4. The number of nitrogens with zero attached hydrogens (tertiary/aromatic N) is 1. The molecule has 1 atom stereocenters. The van der Waals surface area contributed by atoms with E-state index < -0.39 is 0 Å². The van der Waals surface area contributed by atoms with Crippen molar-refractivity contribution in [2.75, 3.05) is 26.8 Å². The van der Waals surface area contributed by atoms with Crippen LogP contribution in [0.4, 0.5) is 4.79 Å². The Kier molecular flexibility index (Phi) is 4.34. The number of amides is 3. The highest BCUT2D eigenvalue weighted by atomic mass is 16.5. The van der Waals surface area contributed by atoms with E-state index in [-0.39, 0.29) is 18.0 Å². The van der Waals surface area contributed by atoms with Crippen LogP contribution < -0.4 is 10.6 Å². The minimum Gasteiger partial charge on any atom is -0.385 e. The van der Waals surface area contributed by atoms with E-state index in [1.165, 1.54) is 0 Å². The third-order valence-electron chi connectivity index (χ3n) is 4.30. The van der Waals surface area contributed by atoms with E-state index in [1.54, 1.807) is 12.0 Å². The van der Waals surface area contributed by atoms with E-state index in [0.717, 1.165) is 17.5 Å². The van der Waals surface area contributed by atoms with Crippen LogP contribution in [-0.4, -0.2) is 43.6 Å². The summed E-state index contributed by atoms with van der Waals surface area (Å²) in [6.07, 6.45) is 0.777. The van der Waals surface area contributed by atoms with Crippen LogP contribution >= 0.6 is 0 Å². The van der Waals surface area contributed by atoms with Crippen LogP contribution in [0.3, 0.4) is 0 Å². The van der Waals surface area contributed by atoms with Gasteiger partial charge in [0.15, 0.2) is 0 Å². The molecule has 1 aromatic rings. The van der Waals surface area contributed by atoms with E-state index in [9.17, 15) is 9.59 Å². The summed E-state index contributed by atoms with van der Waals surface area (Å²) in [5.74, 6) is -0.0168. The molecule has 0 spiro atoms. The summed E-state index contributed by atoms with van der Waals surface area (Å²) in [5.41, 5.74) is 3.37. The topological polar surface area (TPSA) is 70.7 Å². The van der Waals surface area contributed by atoms with E-state index in [1.807, 2.05) is 31.2 Å². The van der Waals surface area contributed by atoms with Gasteiger partial charge in [-0.2, -0.15) is 0 Å². The van der Waals surface area contributed by atoms with Gasteiger partial charge in [-0.3, -0.25) is 4.79 Å². The van der Waals surface area contributed by atoms with Crippen molar-refractivity contribution in [3.63, 3.8) is 0 Å². The largest absolute Gasteiger partial charge is 0.385 e. The van der Waals surface area contributed by atoms with Gasteiger partial charge in [-0.1, -0.05) is 24.3 Å². The number of hydrogen-bond acceptors (Lipinski definition) is 3. The highest BCUT2D eigenvalue weighted by molar-refractivity contribution is 6.01. The average Bonchev–Trinajstić information content (AvgIpc) is 2.83. The number of carbonyl (C=O) groups excluding carboxylic acids is 2. The Bertz CT molecular complexity index is 669. The van der Waals surface area contributed by atoms with E-state index in [0.29, 0.717) is 31.0 Å². The summed E-state index contributed by atoms with van der Waals surface area (Å²) in [4.78, 5) is 26.5. The molecule has 23 heavy (non-hydrogen) atoms. The predicted molar refractivity (Wildman–Crippen MR) is 85.7 cm³/mol. The molecule has 2 N–H and O–H groups in total. The number of rotatable bonds is 5. The second-order valence-corrected chi connectivity index (χ2v) is 5.85. The van der Waals surface area contributed by atoms with Crippen molar-refractivity contribution in [1.29, 1.82) is 0 Å². The summed E-state index contributed by atoms with van der Waals surface area (Å²) < 4.78 is 5.05. The molecule has 0 fully saturated rings. The van der Waals surface area contributed by atoms with Crippen LogP contribution in [-0.2, 0) is 9.53 Å². The zero-order chi connectivity index (χ0) is 16.4. The number of methoxy groups -OCH3 is 1. The number of carbonyl (C=O) groups is 2. The average molecular weight is 315 g/mol. The number of benzene rings is 1. The molecule has 1 aromatic carbocycles. The monoisotopic (exact) mass is 315 g/mol. The molecular formula is C17H21N3O3. The van der Waals surface area contributed by atoms with Crippen molar-refractivity contribution in [3.8, 4) is 0 Å². The van der Waals surface area contributed by atoms with Crippen molar-refractivity contribution in [1.82, 2.24) is 15.5 Å². The van der Waals surface area contributed by atoms with E-state index in [2.05, 4.69) is 10.6 Å². The minimum absolute atomic E-state index is 0.0168. The number of hydrogen-bond donors (Lipinski definition) is 2. The Balaban J connectivity index is 1.88. The van der Waals surface area contributed by atoms with Crippen LogP contribution in [0.5, 0.6) is 0 Å². The Morgan fingerprint density at radius 2 is 2.09 bits per heavy atom. The van der Waals surface area contributed by atoms with Gasteiger partial charge >= 0.3 is 6.03 Å². The zero-order valence-electron chi connectivity index (χ0n) is 13.4. The maximum absolute atomic E-state index is 12.8. The third-order valence-corrected chi connectivity index (χ3v) is 4.30. The van der Waals surface area contributed by atoms with Gasteiger partial charge in [-0.15, -0.1) is 0 Å². The first-order valence-electron chi connectivity index (χ1n) is 7.76. The van der Waals surface area contributed by atoms with Gasteiger partial charge in [0.1, 0.15) is 0 Å². The number of nitrogens with one attached hydrogen (secondary N) is 2. The first-order valence-corrected chi connectivity index (χ1v) is 7.76. The molecule has 122 valence electrons. The van der Waals surface area contributed by atoms with Gasteiger partial charge in [-0.05, 0) is 24.5 Å². The van der Waals surface area contributed by atoms with Gasteiger partial charge in [0.05, 0.1) is 23.9 Å². The van der Waals surface area contributed by atoms with Crippen molar-refractivity contribution in [3.05, 3.63) is 46.7 Å². The second-order valence-electron chi connectivity index (χ2n) is 5.85. The Labute approximate surface area is 135 Å².